The predicted octanol–water partition coefficient (Wildman–Crippen LogP) is 7.24. The van der Waals surface area contributed by atoms with Gasteiger partial charge in [0.25, 0.3) is 0 Å². The Kier molecular flexibility index (Phi) is 10.7. The summed E-state index contributed by atoms with van der Waals surface area (Å²) in [6.07, 6.45) is 14.0. The van der Waals surface area contributed by atoms with Gasteiger partial charge in [-0.3, -0.25) is 4.79 Å². The Hall–Kier alpha value is -4.37. The monoisotopic (exact) mass is 609 g/mol. The lowest BCUT2D eigenvalue weighted by Crippen LogP contribution is -2.29. The smallest absolute Gasteiger partial charge is 0.247 e. The van der Waals surface area contributed by atoms with Crippen LogP contribution in [0.3, 0.4) is 0 Å². The molecular formula is C36H47N7O2. The van der Waals surface area contributed by atoms with Gasteiger partial charge in [0.05, 0.1) is 29.4 Å². The number of fused-ring (bicyclic) bond motifs is 1. The van der Waals surface area contributed by atoms with Crippen LogP contribution in [0.2, 0.25) is 0 Å². The lowest BCUT2D eigenvalue weighted by molar-refractivity contribution is -0.111. The van der Waals surface area contributed by atoms with Gasteiger partial charge >= 0.3 is 0 Å². The molecule has 0 radical (unpaired) electrons. The molecule has 0 saturated heterocycles. The summed E-state index contributed by atoms with van der Waals surface area (Å²) in [4.78, 5) is 26.2. The average molecular weight is 610 g/mol. The largest absolute Gasteiger partial charge is 0.491 e. The minimum absolute atomic E-state index is 0.279. The van der Waals surface area contributed by atoms with Crippen LogP contribution < -0.4 is 20.3 Å². The molecule has 2 aromatic heterocycles. The number of hydrogen-bond donors (Lipinski definition) is 2. The second kappa shape index (κ2) is 15.1. The number of aryl methyl sites for hydroxylation is 1. The van der Waals surface area contributed by atoms with Crippen molar-refractivity contribution in [3.63, 3.8) is 0 Å². The summed E-state index contributed by atoms with van der Waals surface area (Å²) in [5, 5.41) is 7.55. The number of aromatic nitrogens is 3. The molecule has 2 heterocycles. The van der Waals surface area contributed by atoms with Crippen LogP contribution >= 0.6 is 0 Å². The molecule has 0 unspecified atom stereocenters. The van der Waals surface area contributed by atoms with Gasteiger partial charge in [0.2, 0.25) is 11.9 Å². The molecule has 1 aliphatic rings. The number of carbonyl (C=O) groups is 1. The van der Waals surface area contributed by atoms with E-state index in [1.54, 1.807) is 6.20 Å². The maximum atomic E-state index is 12.5. The van der Waals surface area contributed by atoms with Gasteiger partial charge in [0, 0.05) is 62.1 Å². The highest BCUT2D eigenvalue weighted by Gasteiger charge is 2.19. The summed E-state index contributed by atoms with van der Waals surface area (Å²) in [6.45, 7) is 5.90. The minimum Gasteiger partial charge on any atom is -0.491 e. The first kappa shape index (κ1) is 32.0. The number of hydrogen-bond acceptors (Lipinski definition) is 7. The molecule has 0 atom stereocenters. The third-order valence-corrected chi connectivity index (χ3v) is 8.65. The van der Waals surface area contributed by atoms with Crippen molar-refractivity contribution in [2.24, 2.45) is 13.0 Å². The van der Waals surface area contributed by atoms with Gasteiger partial charge in [-0.15, -0.1) is 0 Å². The number of ether oxygens (including phenoxy) is 1. The van der Waals surface area contributed by atoms with Crippen LogP contribution in [0.4, 0.5) is 23.0 Å². The van der Waals surface area contributed by atoms with Gasteiger partial charge in [-0.1, -0.05) is 56.9 Å². The van der Waals surface area contributed by atoms with Crippen molar-refractivity contribution in [1.82, 2.24) is 19.4 Å². The molecule has 1 saturated carbocycles. The molecule has 2 aromatic carbocycles. The van der Waals surface area contributed by atoms with Gasteiger partial charge in [-0.2, -0.15) is 0 Å². The number of nitrogens with zero attached hydrogens (tertiary/aromatic N) is 5. The van der Waals surface area contributed by atoms with E-state index in [1.165, 1.54) is 44.6 Å². The van der Waals surface area contributed by atoms with Gasteiger partial charge in [0.15, 0.2) is 0 Å². The average Bonchev–Trinajstić information content (AvgIpc) is 3.39. The molecule has 0 aliphatic heterocycles. The topological polar surface area (TPSA) is 87.5 Å². The van der Waals surface area contributed by atoms with E-state index in [2.05, 4.69) is 69.0 Å². The predicted molar refractivity (Wildman–Crippen MR) is 186 cm³/mol. The zero-order valence-electron chi connectivity index (χ0n) is 27.2. The van der Waals surface area contributed by atoms with Crippen molar-refractivity contribution < 1.29 is 9.53 Å². The highest BCUT2D eigenvalue weighted by molar-refractivity contribution is 6.02. The fourth-order valence-corrected chi connectivity index (χ4v) is 6.12. The molecule has 238 valence electrons. The van der Waals surface area contributed by atoms with Crippen molar-refractivity contribution in [3.8, 4) is 17.0 Å². The van der Waals surface area contributed by atoms with Crippen LogP contribution in [0, 0.1) is 5.92 Å². The molecule has 2 N–H and O–H groups in total. The van der Waals surface area contributed by atoms with Gasteiger partial charge in [-0.05, 0) is 57.1 Å². The summed E-state index contributed by atoms with van der Waals surface area (Å²) in [5.41, 5.74) is 5.20. The van der Waals surface area contributed by atoms with E-state index < -0.39 is 0 Å². The van der Waals surface area contributed by atoms with Gasteiger partial charge in [-0.25, -0.2) is 9.97 Å². The van der Waals surface area contributed by atoms with Crippen LogP contribution in [0.15, 0.2) is 67.5 Å². The lowest BCUT2D eigenvalue weighted by Gasteiger charge is -2.26. The molecule has 45 heavy (non-hydrogen) atoms. The fourth-order valence-electron chi connectivity index (χ4n) is 6.12. The zero-order valence-corrected chi connectivity index (χ0v) is 27.2. The van der Waals surface area contributed by atoms with Crippen LogP contribution in [-0.2, 0) is 11.8 Å². The van der Waals surface area contributed by atoms with Crippen LogP contribution in [0.5, 0.6) is 5.75 Å². The Morgan fingerprint density at radius 1 is 1.09 bits per heavy atom. The van der Waals surface area contributed by atoms with Crippen molar-refractivity contribution in [2.45, 2.75) is 44.9 Å². The molecule has 1 fully saturated rings. The van der Waals surface area contributed by atoms with Crippen molar-refractivity contribution in [3.05, 3.63) is 67.5 Å². The van der Waals surface area contributed by atoms with E-state index in [1.807, 2.05) is 44.4 Å². The number of nitrogens with one attached hydrogen (secondary N) is 2. The first-order chi connectivity index (χ1) is 21.8. The standard InChI is InChI=1S/C36H47N7O2/c1-6-35(44)38-30-23-31(40-36-37-19-18-29(39-36)28-25-43(5)32-17-11-10-16-27(28)32)34(24-33(30)42(4)21-20-41(2)3)45-22-12-15-26-13-8-7-9-14-26/h6,10-11,16-19,23-26H,1,7-9,12-15,20-22H2,2-5H3,(H,38,44)(H,37,39,40). The Bertz CT molecular complexity index is 1610. The summed E-state index contributed by atoms with van der Waals surface area (Å²) < 4.78 is 8.60. The molecule has 0 spiro atoms. The molecular weight excluding hydrogens is 562 g/mol. The number of carbonyl (C=O) groups excluding carboxylic acids is 1. The summed E-state index contributed by atoms with van der Waals surface area (Å²) in [6, 6.07) is 14.1. The molecule has 5 rings (SSSR count). The molecule has 9 heteroatoms. The molecule has 0 bridgehead atoms. The minimum atomic E-state index is -0.279. The number of anilines is 4. The van der Waals surface area contributed by atoms with E-state index >= 15 is 0 Å². The molecule has 4 aromatic rings. The molecule has 1 amide bonds. The quantitative estimate of drug-likeness (QED) is 0.115. The zero-order chi connectivity index (χ0) is 31.8. The van der Waals surface area contributed by atoms with Gasteiger partial charge in [0.1, 0.15) is 5.75 Å². The first-order valence-electron chi connectivity index (χ1n) is 16.1. The first-order valence-corrected chi connectivity index (χ1v) is 16.1. The summed E-state index contributed by atoms with van der Waals surface area (Å²) in [5.74, 6) is 1.66. The normalized spacial score (nSPS) is 13.6. The Morgan fingerprint density at radius 2 is 1.89 bits per heavy atom. The van der Waals surface area contributed by atoms with Crippen molar-refractivity contribution in [1.29, 1.82) is 0 Å². The maximum Gasteiger partial charge on any atom is 0.247 e. The third kappa shape index (κ3) is 8.22. The third-order valence-electron chi connectivity index (χ3n) is 8.65. The maximum absolute atomic E-state index is 12.5. The van der Waals surface area contributed by atoms with E-state index in [-0.39, 0.29) is 5.91 Å². The second-order valence-corrected chi connectivity index (χ2v) is 12.3. The van der Waals surface area contributed by atoms with Gasteiger partial charge < -0.3 is 29.7 Å². The molecule has 9 nitrogen and oxygen atoms in total. The van der Waals surface area contributed by atoms with E-state index in [0.29, 0.717) is 29.7 Å². The van der Waals surface area contributed by atoms with Crippen LogP contribution in [-0.4, -0.2) is 66.2 Å². The van der Waals surface area contributed by atoms with Crippen molar-refractivity contribution in [2.75, 3.05) is 56.4 Å². The Balaban J connectivity index is 1.46. The SMILES string of the molecule is C=CC(=O)Nc1cc(Nc2nccc(-c3cn(C)c4ccccc34)n2)c(OCCCC2CCCCC2)cc1N(C)CCN(C)C. The van der Waals surface area contributed by atoms with E-state index in [4.69, 9.17) is 9.72 Å². The Labute approximate surface area is 267 Å². The Morgan fingerprint density at radius 3 is 2.67 bits per heavy atom. The number of likely N-dealkylation sites (N-methyl/N-ethyl adjacent to an activating group) is 2. The summed E-state index contributed by atoms with van der Waals surface area (Å²) in [7, 11) is 8.17. The fraction of sp³-hybridized carbons (Fsp3) is 0.417. The van der Waals surface area contributed by atoms with E-state index in [9.17, 15) is 4.79 Å². The van der Waals surface area contributed by atoms with Crippen LogP contribution in [0.1, 0.15) is 44.9 Å². The number of para-hydroxylation sites is 1. The highest BCUT2D eigenvalue weighted by Crippen LogP contribution is 2.39. The van der Waals surface area contributed by atoms with Crippen LogP contribution in [0.25, 0.3) is 22.2 Å². The lowest BCUT2D eigenvalue weighted by atomic mass is 9.86. The number of amides is 1. The van der Waals surface area contributed by atoms with Crippen molar-refractivity contribution >= 4 is 39.8 Å². The second-order valence-electron chi connectivity index (χ2n) is 12.3. The summed E-state index contributed by atoms with van der Waals surface area (Å²) >= 11 is 0. The molecule has 1 aliphatic carbocycles. The van der Waals surface area contributed by atoms with E-state index in [0.717, 1.165) is 53.3 Å². The number of benzene rings is 2. The number of rotatable bonds is 14. The highest BCUT2D eigenvalue weighted by atomic mass is 16.5.